The Hall–Kier alpha value is -2.11. The second-order valence-electron chi connectivity index (χ2n) is 4.65. The first kappa shape index (κ1) is 15.3. The number of nitrogen functional groups attached to an aromatic ring is 1. The van der Waals surface area contributed by atoms with Gasteiger partial charge in [-0.05, 0) is 37.1 Å². The van der Waals surface area contributed by atoms with Crippen molar-refractivity contribution in [3.05, 3.63) is 58.4 Å². The number of rotatable bonds is 5. The van der Waals surface area contributed by atoms with Crippen LogP contribution in [0.25, 0.3) is 0 Å². The molecule has 110 valence electrons. The fourth-order valence-electron chi connectivity index (χ4n) is 1.93. The zero-order valence-electron chi connectivity index (χ0n) is 11.7. The highest BCUT2D eigenvalue weighted by atomic mass is 35.5. The molecule has 2 rings (SSSR count). The molecule has 0 saturated carbocycles. The molecule has 0 aliphatic heterocycles. The number of nitrogens with one attached hydrogen (secondary N) is 2. The van der Waals surface area contributed by atoms with Crippen LogP contribution < -0.4 is 16.6 Å². The van der Waals surface area contributed by atoms with Gasteiger partial charge in [0.1, 0.15) is 0 Å². The van der Waals surface area contributed by atoms with E-state index in [1.807, 2.05) is 31.2 Å². The van der Waals surface area contributed by atoms with E-state index in [1.54, 1.807) is 6.07 Å². The first-order valence-electron chi connectivity index (χ1n) is 6.56. The van der Waals surface area contributed by atoms with Gasteiger partial charge in [-0.3, -0.25) is 15.6 Å². The van der Waals surface area contributed by atoms with Gasteiger partial charge in [0.15, 0.2) is 0 Å². The molecule has 21 heavy (non-hydrogen) atoms. The van der Waals surface area contributed by atoms with Crippen molar-refractivity contribution in [3.8, 4) is 0 Å². The van der Waals surface area contributed by atoms with Gasteiger partial charge in [-0.15, -0.1) is 0 Å². The zero-order chi connectivity index (χ0) is 15.2. The van der Waals surface area contributed by atoms with Crippen molar-refractivity contribution >= 4 is 23.2 Å². The smallest absolute Gasteiger partial charge is 0.255 e. The number of amides is 1. The van der Waals surface area contributed by atoms with E-state index >= 15 is 0 Å². The van der Waals surface area contributed by atoms with Crippen LogP contribution in [-0.2, 0) is 6.42 Å². The highest BCUT2D eigenvalue weighted by Gasteiger charge is 2.11. The lowest BCUT2D eigenvalue weighted by atomic mass is 10.1. The van der Waals surface area contributed by atoms with Gasteiger partial charge in [-0.25, -0.2) is 0 Å². The number of carbonyl (C=O) groups is 1. The van der Waals surface area contributed by atoms with E-state index in [2.05, 4.69) is 15.7 Å². The number of halogens is 1. The first-order valence-corrected chi connectivity index (χ1v) is 6.94. The second kappa shape index (κ2) is 7.06. The van der Waals surface area contributed by atoms with Crippen molar-refractivity contribution in [2.24, 2.45) is 5.84 Å². The van der Waals surface area contributed by atoms with Crippen LogP contribution in [0.3, 0.4) is 0 Å². The Labute approximate surface area is 128 Å². The zero-order valence-corrected chi connectivity index (χ0v) is 12.4. The fraction of sp³-hybridized carbons (Fsp3) is 0.200. The molecule has 0 radical (unpaired) electrons. The first-order chi connectivity index (χ1) is 10.1. The van der Waals surface area contributed by atoms with E-state index in [1.165, 1.54) is 6.20 Å². The van der Waals surface area contributed by atoms with Crippen LogP contribution in [0, 0.1) is 6.92 Å². The van der Waals surface area contributed by atoms with E-state index in [0.29, 0.717) is 22.8 Å². The van der Waals surface area contributed by atoms with Crippen molar-refractivity contribution in [2.45, 2.75) is 13.3 Å². The minimum absolute atomic E-state index is 0.204. The van der Waals surface area contributed by atoms with Gasteiger partial charge in [0.2, 0.25) is 0 Å². The maximum atomic E-state index is 12.1. The Morgan fingerprint density at radius 2 is 2.05 bits per heavy atom. The van der Waals surface area contributed by atoms with E-state index in [9.17, 15) is 4.79 Å². The summed E-state index contributed by atoms with van der Waals surface area (Å²) in [6.07, 6.45) is 2.25. The lowest BCUT2D eigenvalue weighted by Gasteiger charge is -2.10. The van der Waals surface area contributed by atoms with E-state index in [4.69, 9.17) is 17.4 Å². The number of aryl methyl sites for hydroxylation is 1. The summed E-state index contributed by atoms with van der Waals surface area (Å²) in [5.41, 5.74) is 5.41. The Kier molecular flexibility index (Phi) is 5.14. The van der Waals surface area contributed by atoms with Crippen molar-refractivity contribution in [1.82, 2.24) is 10.3 Å². The van der Waals surface area contributed by atoms with Crippen LogP contribution in [0.1, 0.15) is 21.6 Å². The number of pyridine rings is 1. The highest BCUT2D eigenvalue weighted by molar-refractivity contribution is 6.30. The number of nitrogens with zero attached hydrogens (tertiary/aromatic N) is 1. The molecule has 0 spiro atoms. The predicted octanol–water partition coefficient (Wildman–Crippen LogP) is 2.30. The van der Waals surface area contributed by atoms with E-state index in [0.717, 1.165) is 17.7 Å². The second-order valence-corrected chi connectivity index (χ2v) is 5.08. The van der Waals surface area contributed by atoms with Gasteiger partial charge < -0.3 is 10.7 Å². The van der Waals surface area contributed by atoms with Crippen LogP contribution in [0.5, 0.6) is 0 Å². The molecule has 0 fully saturated rings. The van der Waals surface area contributed by atoms with Crippen LogP contribution in [0.2, 0.25) is 5.02 Å². The summed E-state index contributed by atoms with van der Waals surface area (Å²) >= 11 is 5.83. The Morgan fingerprint density at radius 1 is 1.33 bits per heavy atom. The van der Waals surface area contributed by atoms with E-state index < -0.39 is 0 Å². The molecule has 1 aromatic heterocycles. The van der Waals surface area contributed by atoms with Gasteiger partial charge in [0.05, 0.1) is 11.3 Å². The van der Waals surface area contributed by atoms with E-state index in [-0.39, 0.29) is 5.91 Å². The van der Waals surface area contributed by atoms with Crippen LogP contribution in [0.4, 0.5) is 5.69 Å². The van der Waals surface area contributed by atoms with Gasteiger partial charge in [-0.2, -0.15) is 0 Å². The summed E-state index contributed by atoms with van der Waals surface area (Å²) in [5, 5.41) is 3.55. The number of nitrogens with two attached hydrogens (primary N) is 1. The summed E-state index contributed by atoms with van der Waals surface area (Å²) in [4.78, 5) is 16.2. The van der Waals surface area contributed by atoms with Gasteiger partial charge in [0.25, 0.3) is 5.91 Å². The molecular weight excluding hydrogens is 288 g/mol. The molecule has 1 aromatic carbocycles. The molecule has 5 nitrogen and oxygen atoms in total. The third kappa shape index (κ3) is 4.18. The van der Waals surface area contributed by atoms with Gasteiger partial charge >= 0.3 is 0 Å². The number of hydrogen-bond donors (Lipinski definition) is 3. The highest BCUT2D eigenvalue weighted by Crippen LogP contribution is 2.14. The minimum atomic E-state index is -0.204. The molecule has 1 heterocycles. The average Bonchev–Trinajstić information content (AvgIpc) is 2.49. The number of aromatic nitrogens is 1. The molecule has 1 amide bonds. The maximum Gasteiger partial charge on any atom is 0.255 e. The lowest BCUT2D eigenvalue weighted by Crippen LogP contribution is -2.27. The summed E-state index contributed by atoms with van der Waals surface area (Å²) in [5.74, 6) is 5.22. The maximum absolute atomic E-state index is 12.1. The third-order valence-electron chi connectivity index (χ3n) is 3.05. The molecule has 0 unspecified atom stereocenters. The summed E-state index contributed by atoms with van der Waals surface area (Å²) in [6, 6.07) is 9.27. The lowest BCUT2D eigenvalue weighted by molar-refractivity contribution is 0.0954. The van der Waals surface area contributed by atoms with Crippen molar-refractivity contribution < 1.29 is 4.79 Å². The molecule has 0 atom stereocenters. The summed E-state index contributed by atoms with van der Waals surface area (Å²) < 4.78 is 0. The molecule has 4 N–H and O–H groups in total. The molecule has 0 bridgehead atoms. The Bertz CT molecular complexity index is 628. The average molecular weight is 305 g/mol. The van der Waals surface area contributed by atoms with Crippen molar-refractivity contribution in [2.75, 3.05) is 12.0 Å². The number of anilines is 1. The topological polar surface area (TPSA) is 80.0 Å². The summed E-state index contributed by atoms with van der Waals surface area (Å²) in [7, 11) is 0. The van der Waals surface area contributed by atoms with Crippen LogP contribution >= 0.6 is 11.6 Å². The van der Waals surface area contributed by atoms with Crippen LogP contribution in [-0.4, -0.2) is 17.4 Å². The third-order valence-corrected chi connectivity index (χ3v) is 3.31. The van der Waals surface area contributed by atoms with Gasteiger partial charge in [-0.1, -0.05) is 23.7 Å². The Morgan fingerprint density at radius 3 is 2.71 bits per heavy atom. The largest absolute Gasteiger partial charge is 0.352 e. The molecular formula is C15H17ClN4O. The fourth-order valence-corrected chi connectivity index (χ4v) is 2.05. The number of hydrazine groups is 1. The Balaban J connectivity index is 1.94. The number of benzene rings is 1. The summed E-state index contributed by atoms with van der Waals surface area (Å²) in [6.45, 7) is 2.36. The molecule has 0 saturated heterocycles. The van der Waals surface area contributed by atoms with Crippen molar-refractivity contribution in [1.29, 1.82) is 0 Å². The molecule has 0 aliphatic carbocycles. The normalized spacial score (nSPS) is 10.2. The number of carbonyl (C=O) groups excluding carboxylic acids is 1. The van der Waals surface area contributed by atoms with Gasteiger partial charge in [0, 0.05) is 23.5 Å². The predicted molar refractivity (Wildman–Crippen MR) is 84.3 cm³/mol. The monoisotopic (exact) mass is 304 g/mol. The van der Waals surface area contributed by atoms with Crippen LogP contribution in [0.15, 0.2) is 36.5 Å². The molecule has 6 heteroatoms. The minimum Gasteiger partial charge on any atom is -0.352 e. The number of hydrogen-bond acceptors (Lipinski definition) is 4. The standard InChI is InChI=1S/C15H17ClN4O/c1-10-8-14(20-17)13(9-19-10)15(21)18-7-6-11-2-4-12(16)5-3-11/h2-5,8-9H,6-7,17H2,1H3,(H,18,21)(H,19,20). The SMILES string of the molecule is Cc1cc(NN)c(C(=O)NCCc2ccc(Cl)cc2)cn1. The van der Waals surface area contributed by atoms with Crippen molar-refractivity contribution in [3.63, 3.8) is 0 Å². The quantitative estimate of drug-likeness (QED) is 0.585. The molecule has 2 aromatic rings. The molecule has 0 aliphatic rings.